The Balaban J connectivity index is 1.99. The van der Waals surface area contributed by atoms with E-state index in [1.165, 1.54) is 10.8 Å². The van der Waals surface area contributed by atoms with E-state index in [4.69, 9.17) is 4.74 Å². The van der Waals surface area contributed by atoms with E-state index in [2.05, 4.69) is 20.9 Å². The fourth-order valence-corrected chi connectivity index (χ4v) is 3.44. The maximum absolute atomic E-state index is 12.8. The van der Waals surface area contributed by atoms with Crippen molar-refractivity contribution in [1.82, 2.24) is 4.57 Å². The zero-order valence-corrected chi connectivity index (χ0v) is 18.2. The molecule has 1 aromatic heterocycles. The summed E-state index contributed by atoms with van der Waals surface area (Å²) in [4.78, 5) is 17.2. The van der Waals surface area contributed by atoms with Crippen molar-refractivity contribution in [1.29, 1.82) is 5.26 Å². The zero-order chi connectivity index (χ0) is 21.7. The van der Waals surface area contributed by atoms with E-state index in [-0.39, 0.29) is 18.0 Å². The first kappa shape index (κ1) is 21.3. The van der Waals surface area contributed by atoms with Crippen LogP contribution in [0.3, 0.4) is 0 Å². The minimum atomic E-state index is -0.515. The highest BCUT2D eigenvalue weighted by Gasteiger charge is 2.18. The van der Waals surface area contributed by atoms with Crippen LogP contribution in [-0.2, 0) is 13.0 Å². The topological polar surface area (TPSA) is 87.6 Å². The van der Waals surface area contributed by atoms with Gasteiger partial charge in [-0.15, -0.1) is 0 Å². The average molecular weight is 466 g/mol. The summed E-state index contributed by atoms with van der Waals surface area (Å²) in [7, 11) is 1.60. The van der Waals surface area contributed by atoms with Crippen LogP contribution in [0.4, 0.5) is 5.69 Å². The van der Waals surface area contributed by atoms with Crippen LogP contribution in [0, 0.1) is 18.3 Å². The van der Waals surface area contributed by atoms with Crippen LogP contribution in [0.5, 0.6) is 11.6 Å². The van der Waals surface area contributed by atoms with Gasteiger partial charge in [-0.25, -0.2) is 0 Å². The van der Waals surface area contributed by atoms with E-state index in [0.717, 1.165) is 15.8 Å². The first-order valence-electron chi connectivity index (χ1n) is 9.24. The predicted molar refractivity (Wildman–Crippen MR) is 120 cm³/mol. The number of methoxy groups -OCH3 is 1. The SMILES string of the molecule is COc1ccc(CCn2c(O)c(C=Nc3ccccc3Br)c(C)c(C#N)c2=O)cc1. The summed E-state index contributed by atoms with van der Waals surface area (Å²) in [5.41, 5.74) is 1.87. The quantitative estimate of drug-likeness (QED) is 0.542. The van der Waals surface area contributed by atoms with Crippen molar-refractivity contribution in [3.8, 4) is 17.7 Å². The Morgan fingerprint density at radius 1 is 1.23 bits per heavy atom. The Morgan fingerprint density at radius 3 is 2.57 bits per heavy atom. The number of hydrogen-bond acceptors (Lipinski definition) is 5. The number of rotatable bonds is 6. The Labute approximate surface area is 182 Å². The fourth-order valence-electron chi connectivity index (χ4n) is 3.06. The molecule has 3 aromatic rings. The third kappa shape index (κ3) is 4.44. The van der Waals surface area contributed by atoms with Gasteiger partial charge in [-0.05, 0) is 64.7 Å². The molecule has 152 valence electrons. The lowest BCUT2D eigenvalue weighted by Crippen LogP contribution is -2.26. The van der Waals surface area contributed by atoms with Gasteiger partial charge >= 0.3 is 0 Å². The normalized spacial score (nSPS) is 10.9. The van der Waals surface area contributed by atoms with Gasteiger partial charge in [0.1, 0.15) is 17.4 Å². The number of benzene rings is 2. The Morgan fingerprint density at radius 2 is 1.93 bits per heavy atom. The molecule has 0 amide bonds. The summed E-state index contributed by atoms with van der Waals surface area (Å²) in [5, 5.41) is 20.3. The van der Waals surface area contributed by atoms with Gasteiger partial charge in [0.05, 0.1) is 18.4 Å². The molecule has 0 radical (unpaired) electrons. The van der Waals surface area contributed by atoms with Gasteiger partial charge in [0, 0.05) is 17.2 Å². The first-order valence-corrected chi connectivity index (χ1v) is 10.0. The van der Waals surface area contributed by atoms with Gasteiger partial charge < -0.3 is 9.84 Å². The third-order valence-corrected chi connectivity index (χ3v) is 5.49. The number of nitrogens with zero attached hydrogens (tertiary/aromatic N) is 3. The van der Waals surface area contributed by atoms with Gasteiger partial charge in [0.2, 0.25) is 5.88 Å². The summed E-state index contributed by atoms with van der Waals surface area (Å²) >= 11 is 3.43. The summed E-state index contributed by atoms with van der Waals surface area (Å²) < 4.78 is 7.17. The van der Waals surface area contributed by atoms with E-state index < -0.39 is 5.56 Å². The molecule has 30 heavy (non-hydrogen) atoms. The lowest BCUT2D eigenvalue weighted by Gasteiger charge is -2.14. The van der Waals surface area contributed by atoms with Crippen LogP contribution < -0.4 is 10.3 Å². The van der Waals surface area contributed by atoms with Crippen LogP contribution in [0.25, 0.3) is 0 Å². The Kier molecular flexibility index (Phi) is 6.70. The van der Waals surface area contributed by atoms with Crippen LogP contribution in [0.2, 0.25) is 0 Å². The fraction of sp³-hybridized carbons (Fsp3) is 0.174. The molecule has 0 saturated carbocycles. The summed E-state index contributed by atoms with van der Waals surface area (Å²) in [6.45, 7) is 1.86. The molecule has 0 aliphatic heterocycles. The first-order chi connectivity index (χ1) is 14.5. The number of pyridine rings is 1. The highest BCUT2D eigenvalue weighted by Crippen LogP contribution is 2.26. The molecule has 0 unspecified atom stereocenters. The molecule has 0 saturated heterocycles. The summed E-state index contributed by atoms with van der Waals surface area (Å²) in [6, 6.07) is 16.8. The van der Waals surface area contributed by atoms with Gasteiger partial charge in [-0.1, -0.05) is 24.3 Å². The lowest BCUT2D eigenvalue weighted by molar-refractivity contribution is 0.404. The summed E-state index contributed by atoms with van der Waals surface area (Å²) in [6.07, 6.45) is 1.99. The Hall–Kier alpha value is -3.37. The maximum Gasteiger partial charge on any atom is 0.271 e. The molecule has 0 aliphatic carbocycles. The standard InChI is InChI=1S/C23H20BrN3O3/c1-15-18(13-25)22(28)27(12-11-16-7-9-17(30-2)10-8-16)23(29)19(15)14-26-21-6-4-3-5-20(21)24/h3-10,14,29H,11-12H2,1-2H3. The maximum atomic E-state index is 12.8. The van der Waals surface area contributed by atoms with E-state index in [0.29, 0.717) is 23.2 Å². The van der Waals surface area contributed by atoms with Crippen molar-refractivity contribution in [3.05, 3.63) is 85.6 Å². The highest BCUT2D eigenvalue weighted by molar-refractivity contribution is 9.10. The third-order valence-electron chi connectivity index (χ3n) is 4.81. The molecule has 0 bridgehead atoms. The monoisotopic (exact) mass is 465 g/mol. The molecule has 0 spiro atoms. The number of halogens is 1. The van der Waals surface area contributed by atoms with Crippen LogP contribution in [0.1, 0.15) is 22.3 Å². The molecule has 1 N–H and O–H groups in total. The van der Waals surface area contributed by atoms with E-state index in [1.54, 1.807) is 14.0 Å². The minimum absolute atomic E-state index is 0.00360. The molecule has 7 heteroatoms. The van der Waals surface area contributed by atoms with Gasteiger partial charge in [0.15, 0.2) is 0 Å². The molecular formula is C23H20BrN3O3. The molecule has 2 aromatic carbocycles. The number of aryl methyl sites for hydroxylation is 1. The number of hydrogen-bond donors (Lipinski definition) is 1. The van der Waals surface area contributed by atoms with Crippen molar-refractivity contribution in [2.24, 2.45) is 4.99 Å². The van der Waals surface area contributed by atoms with Crippen molar-refractivity contribution < 1.29 is 9.84 Å². The zero-order valence-electron chi connectivity index (χ0n) is 16.6. The van der Waals surface area contributed by atoms with Crippen molar-refractivity contribution >= 4 is 27.8 Å². The smallest absolute Gasteiger partial charge is 0.271 e. The van der Waals surface area contributed by atoms with E-state index >= 15 is 0 Å². The second kappa shape index (κ2) is 9.42. The van der Waals surface area contributed by atoms with Crippen LogP contribution in [-0.4, -0.2) is 23.0 Å². The van der Waals surface area contributed by atoms with E-state index in [1.807, 2.05) is 54.6 Å². The number of aliphatic imine (C=N–C) groups is 1. The number of ether oxygens (including phenoxy) is 1. The molecule has 1 heterocycles. The number of aromatic nitrogens is 1. The molecule has 3 rings (SSSR count). The largest absolute Gasteiger partial charge is 0.497 e. The number of nitriles is 1. The number of aromatic hydroxyl groups is 1. The Bertz CT molecular complexity index is 1190. The second-order valence-corrected chi connectivity index (χ2v) is 7.47. The minimum Gasteiger partial charge on any atom is -0.497 e. The van der Waals surface area contributed by atoms with Crippen molar-refractivity contribution in [2.45, 2.75) is 19.9 Å². The molecular weight excluding hydrogens is 446 g/mol. The van der Waals surface area contributed by atoms with Crippen LogP contribution in [0.15, 0.2) is 62.8 Å². The molecule has 0 aliphatic rings. The second-order valence-electron chi connectivity index (χ2n) is 6.61. The highest BCUT2D eigenvalue weighted by atomic mass is 79.9. The predicted octanol–water partition coefficient (Wildman–Crippen LogP) is 4.50. The summed E-state index contributed by atoms with van der Waals surface area (Å²) in [5.74, 6) is 0.534. The van der Waals surface area contributed by atoms with E-state index in [9.17, 15) is 15.2 Å². The van der Waals surface area contributed by atoms with Gasteiger partial charge in [0.25, 0.3) is 5.56 Å². The van der Waals surface area contributed by atoms with Gasteiger partial charge in [-0.3, -0.25) is 14.4 Å². The molecule has 6 nitrogen and oxygen atoms in total. The average Bonchev–Trinajstić information content (AvgIpc) is 2.75. The van der Waals surface area contributed by atoms with Crippen LogP contribution >= 0.6 is 15.9 Å². The molecule has 0 atom stereocenters. The molecule has 0 fully saturated rings. The number of para-hydroxylation sites is 1. The lowest BCUT2D eigenvalue weighted by atomic mass is 10.1. The van der Waals surface area contributed by atoms with Crippen molar-refractivity contribution in [3.63, 3.8) is 0 Å². The van der Waals surface area contributed by atoms with Crippen molar-refractivity contribution in [2.75, 3.05) is 7.11 Å². The van der Waals surface area contributed by atoms with Gasteiger partial charge in [-0.2, -0.15) is 5.26 Å².